The Labute approximate surface area is 104 Å². The maximum atomic E-state index is 3.49. The molecule has 0 saturated heterocycles. The zero-order valence-corrected chi connectivity index (χ0v) is 11.9. The summed E-state index contributed by atoms with van der Waals surface area (Å²) in [5, 5.41) is 1.16. The second-order valence-corrected chi connectivity index (χ2v) is 5.85. The molecule has 0 aliphatic heterocycles. The van der Waals surface area contributed by atoms with Gasteiger partial charge < -0.3 is 4.90 Å². The van der Waals surface area contributed by atoms with Crippen LogP contribution in [0.5, 0.6) is 0 Å². The quantitative estimate of drug-likeness (QED) is 0.522. The van der Waals surface area contributed by atoms with E-state index >= 15 is 0 Å². The molecule has 0 aromatic heterocycles. The minimum Gasteiger partial charge on any atom is -0.303 e. The summed E-state index contributed by atoms with van der Waals surface area (Å²) in [5.41, 5.74) is 0. The monoisotopic (exact) mass is 275 g/mol. The van der Waals surface area contributed by atoms with Crippen LogP contribution in [-0.4, -0.2) is 29.9 Å². The Morgan fingerprint density at radius 3 is 2.53 bits per heavy atom. The van der Waals surface area contributed by atoms with E-state index in [1.165, 1.54) is 51.5 Å². The predicted octanol–water partition coefficient (Wildman–Crippen LogP) is 4.06. The van der Waals surface area contributed by atoms with Crippen molar-refractivity contribution >= 4 is 15.9 Å². The average Bonchev–Trinajstić information content (AvgIpc) is 2.25. The molecule has 0 aromatic carbocycles. The Balaban J connectivity index is 2.16. The number of halogens is 1. The molecule has 90 valence electrons. The third-order valence-electron chi connectivity index (χ3n) is 3.78. The van der Waals surface area contributed by atoms with Crippen LogP contribution < -0.4 is 0 Å². The van der Waals surface area contributed by atoms with Gasteiger partial charge in [0.25, 0.3) is 0 Å². The summed E-state index contributed by atoms with van der Waals surface area (Å²) in [5.74, 6) is 0.917. The van der Waals surface area contributed by atoms with Gasteiger partial charge in [-0.1, -0.05) is 42.1 Å². The first-order valence-electron chi connectivity index (χ1n) is 6.52. The molecule has 2 unspecified atom stereocenters. The van der Waals surface area contributed by atoms with E-state index in [-0.39, 0.29) is 0 Å². The van der Waals surface area contributed by atoms with Crippen molar-refractivity contribution in [2.24, 2.45) is 5.92 Å². The molecule has 1 fully saturated rings. The fraction of sp³-hybridized carbons (Fsp3) is 1.00. The number of nitrogens with zero attached hydrogens (tertiary/aromatic N) is 1. The fourth-order valence-corrected chi connectivity index (χ4v) is 3.15. The fourth-order valence-electron chi connectivity index (χ4n) is 2.75. The average molecular weight is 276 g/mol. The van der Waals surface area contributed by atoms with Gasteiger partial charge in [-0.05, 0) is 45.2 Å². The van der Waals surface area contributed by atoms with Gasteiger partial charge in [0, 0.05) is 11.4 Å². The van der Waals surface area contributed by atoms with Crippen molar-refractivity contribution in [1.82, 2.24) is 4.90 Å². The Morgan fingerprint density at radius 1 is 1.13 bits per heavy atom. The zero-order valence-electron chi connectivity index (χ0n) is 10.3. The summed E-state index contributed by atoms with van der Waals surface area (Å²) in [4.78, 5) is 2.61. The number of unbranched alkanes of at least 4 members (excludes halogenated alkanes) is 2. The first-order chi connectivity index (χ1) is 7.25. The lowest BCUT2D eigenvalue weighted by atomic mass is 9.85. The Kier molecular flexibility index (Phi) is 6.91. The van der Waals surface area contributed by atoms with Crippen molar-refractivity contribution in [3.63, 3.8) is 0 Å². The van der Waals surface area contributed by atoms with Crippen LogP contribution in [0.1, 0.15) is 51.9 Å². The van der Waals surface area contributed by atoms with E-state index in [0.29, 0.717) is 0 Å². The molecule has 2 heteroatoms. The van der Waals surface area contributed by atoms with E-state index < -0.39 is 0 Å². The Hall–Kier alpha value is 0.440. The summed E-state index contributed by atoms with van der Waals surface area (Å²) in [6.45, 7) is 3.72. The summed E-state index contributed by atoms with van der Waals surface area (Å²) in [6, 6.07) is 0.864. The SMILES string of the molecule is CC1CCCCC1N(C)CCCCCBr. The molecule has 1 aliphatic rings. The molecule has 0 radical (unpaired) electrons. The number of hydrogen-bond acceptors (Lipinski definition) is 1. The molecule has 0 heterocycles. The minimum absolute atomic E-state index is 0.864. The maximum Gasteiger partial charge on any atom is 0.0118 e. The van der Waals surface area contributed by atoms with Gasteiger partial charge in [0.1, 0.15) is 0 Å². The van der Waals surface area contributed by atoms with Crippen molar-refractivity contribution in [3.05, 3.63) is 0 Å². The smallest absolute Gasteiger partial charge is 0.0118 e. The summed E-state index contributed by atoms with van der Waals surface area (Å²) in [6.07, 6.45) is 9.83. The number of rotatable bonds is 6. The molecule has 1 nitrogen and oxygen atoms in total. The zero-order chi connectivity index (χ0) is 11.1. The molecule has 0 bridgehead atoms. The first-order valence-corrected chi connectivity index (χ1v) is 7.64. The Bertz CT molecular complexity index is 161. The van der Waals surface area contributed by atoms with Gasteiger partial charge in [0.2, 0.25) is 0 Å². The minimum atomic E-state index is 0.864. The van der Waals surface area contributed by atoms with E-state index in [2.05, 4.69) is 34.8 Å². The predicted molar refractivity (Wildman–Crippen MR) is 71.7 cm³/mol. The van der Waals surface area contributed by atoms with Gasteiger partial charge in [-0.2, -0.15) is 0 Å². The summed E-state index contributed by atoms with van der Waals surface area (Å²) in [7, 11) is 2.32. The van der Waals surface area contributed by atoms with Crippen LogP contribution in [0.2, 0.25) is 0 Å². The van der Waals surface area contributed by atoms with Crippen LogP contribution in [0.25, 0.3) is 0 Å². The second kappa shape index (κ2) is 7.67. The van der Waals surface area contributed by atoms with Gasteiger partial charge in [0.05, 0.1) is 0 Å². The van der Waals surface area contributed by atoms with E-state index in [1.54, 1.807) is 0 Å². The van der Waals surface area contributed by atoms with Crippen molar-refractivity contribution < 1.29 is 0 Å². The molecular formula is C13H26BrN. The van der Waals surface area contributed by atoms with Crippen LogP contribution in [0, 0.1) is 5.92 Å². The molecule has 1 aliphatic carbocycles. The molecule has 0 aromatic rings. The summed E-state index contributed by atoms with van der Waals surface area (Å²) < 4.78 is 0. The highest BCUT2D eigenvalue weighted by atomic mass is 79.9. The van der Waals surface area contributed by atoms with Gasteiger partial charge in [-0.25, -0.2) is 0 Å². The molecule has 0 N–H and O–H groups in total. The maximum absolute atomic E-state index is 3.49. The van der Waals surface area contributed by atoms with Crippen LogP contribution in [0.3, 0.4) is 0 Å². The van der Waals surface area contributed by atoms with Crippen molar-refractivity contribution in [2.75, 3.05) is 18.9 Å². The molecule has 15 heavy (non-hydrogen) atoms. The highest BCUT2D eigenvalue weighted by molar-refractivity contribution is 9.09. The highest BCUT2D eigenvalue weighted by Gasteiger charge is 2.24. The third-order valence-corrected chi connectivity index (χ3v) is 4.34. The number of alkyl halides is 1. The molecular weight excluding hydrogens is 250 g/mol. The van der Waals surface area contributed by atoms with Gasteiger partial charge in [-0.3, -0.25) is 0 Å². The van der Waals surface area contributed by atoms with Crippen LogP contribution >= 0.6 is 15.9 Å². The largest absolute Gasteiger partial charge is 0.303 e. The molecule has 0 spiro atoms. The van der Waals surface area contributed by atoms with Crippen molar-refractivity contribution in [3.8, 4) is 0 Å². The normalized spacial score (nSPS) is 27.2. The topological polar surface area (TPSA) is 3.24 Å². The van der Waals surface area contributed by atoms with Crippen molar-refractivity contribution in [2.45, 2.75) is 57.9 Å². The molecule has 0 amide bonds. The first kappa shape index (κ1) is 13.5. The molecule has 1 rings (SSSR count). The van der Waals surface area contributed by atoms with E-state index in [1.807, 2.05) is 0 Å². The van der Waals surface area contributed by atoms with Gasteiger partial charge in [-0.15, -0.1) is 0 Å². The second-order valence-electron chi connectivity index (χ2n) is 5.06. The molecule has 2 atom stereocenters. The van der Waals surface area contributed by atoms with Crippen LogP contribution in [0.15, 0.2) is 0 Å². The summed E-state index contributed by atoms with van der Waals surface area (Å²) >= 11 is 3.49. The van der Waals surface area contributed by atoms with E-state index in [4.69, 9.17) is 0 Å². The van der Waals surface area contributed by atoms with E-state index in [0.717, 1.165) is 17.3 Å². The molecule has 1 saturated carbocycles. The van der Waals surface area contributed by atoms with Crippen LogP contribution in [0.4, 0.5) is 0 Å². The standard InChI is InChI=1S/C13H26BrN/c1-12-8-4-5-9-13(12)15(2)11-7-3-6-10-14/h12-13H,3-11H2,1-2H3. The highest BCUT2D eigenvalue weighted by Crippen LogP contribution is 2.27. The number of hydrogen-bond donors (Lipinski definition) is 0. The lowest BCUT2D eigenvalue weighted by Crippen LogP contribution is -2.39. The van der Waals surface area contributed by atoms with Gasteiger partial charge in [0.15, 0.2) is 0 Å². The Morgan fingerprint density at radius 2 is 1.87 bits per heavy atom. The third kappa shape index (κ3) is 4.86. The lowest BCUT2D eigenvalue weighted by molar-refractivity contribution is 0.137. The lowest BCUT2D eigenvalue weighted by Gasteiger charge is -2.36. The van der Waals surface area contributed by atoms with Crippen molar-refractivity contribution in [1.29, 1.82) is 0 Å². The van der Waals surface area contributed by atoms with E-state index in [9.17, 15) is 0 Å². The van der Waals surface area contributed by atoms with Crippen LogP contribution in [-0.2, 0) is 0 Å². The van der Waals surface area contributed by atoms with Gasteiger partial charge >= 0.3 is 0 Å².